The zero-order valence-electron chi connectivity index (χ0n) is 3.92. The number of aliphatic hydroxyl groups is 1. The first-order chi connectivity index (χ1) is 2.77. The van der Waals surface area contributed by atoms with Crippen molar-refractivity contribution in [1.29, 1.82) is 0 Å². The molecule has 0 aromatic rings. The van der Waals surface area contributed by atoms with E-state index in [1.54, 1.807) is 0 Å². The first kappa shape index (κ1) is 10.1. The van der Waals surface area contributed by atoms with Crippen LogP contribution in [0, 0.1) is 0 Å². The Bertz CT molecular complexity index is 54.1. The van der Waals surface area contributed by atoms with Crippen LogP contribution in [0.2, 0.25) is 0 Å². The number of rotatable bonds is 2. The Labute approximate surface area is 54.1 Å². The van der Waals surface area contributed by atoms with E-state index in [-0.39, 0.29) is 32.5 Å². The number of aliphatic carboxylic acids is 1. The van der Waals surface area contributed by atoms with Gasteiger partial charge in [-0.15, -0.1) is 0 Å². The van der Waals surface area contributed by atoms with Crippen LogP contribution in [0.3, 0.4) is 0 Å². The minimum absolute atomic E-state index is 0. The molecule has 38 valence electrons. The van der Waals surface area contributed by atoms with E-state index < -0.39 is 5.97 Å². The number of carboxylic acids is 1. The summed E-state index contributed by atoms with van der Waals surface area (Å²) in [6, 6.07) is 0. The number of carbonyl (C=O) groups is 1. The van der Waals surface area contributed by atoms with Crippen LogP contribution in [0.15, 0.2) is 0 Å². The Kier molecular flexibility index (Phi) is 8.75. The molecule has 0 aliphatic heterocycles. The van der Waals surface area contributed by atoms with Crippen molar-refractivity contribution in [1.82, 2.24) is 0 Å². The molecule has 0 saturated carbocycles. The van der Waals surface area contributed by atoms with Crippen molar-refractivity contribution in [3.8, 4) is 0 Å². The molecule has 0 amide bonds. The molecule has 0 unspecified atom stereocenters. The van der Waals surface area contributed by atoms with Crippen LogP contribution in [-0.2, 0) is 24.3 Å². The molecule has 0 fully saturated rings. The third-order valence-electron chi connectivity index (χ3n) is 0.326. The molecule has 4 heteroatoms. The molecule has 0 radical (unpaired) electrons. The third-order valence-corrected chi connectivity index (χ3v) is 0.326. The molecule has 0 aromatic carbocycles. The molecule has 0 aliphatic rings. The molecule has 0 bridgehead atoms. The van der Waals surface area contributed by atoms with Gasteiger partial charge in [-0.2, -0.15) is 0 Å². The van der Waals surface area contributed by atoms with Crippen LogP contribution in [0.25, 0.3) is 0 Å². The number of hydrogen-bond acceptors (Lipinski definition) is 2. The largest absolute Gasteiger partial charge is 0.481 e. The van der Waals surface area contributed by atoms with Gasteiger partial charge in [-0.05, 0) is 0 Å². The van der Waals surface area contributed by atoms with Crippen molar-refractivity contribution in [2.24, 2.45) is 0 Å². The third kappa shape index (κ3) is 10.7. The molecule has 0 saturated heterocycles. The second-order valence-corrected chi connectivity index (χ2v) is 0.867. The summed E-state index contributed by atoms with van der Waals surface area (Å²) in [7, 11) is 0. The first-order valence-electron chi connectivity index (χ1n) is 1.60. The van der Waals surface area contributed by atoms with Gasteiger partial charge in [0.2, 0.25) is 0 Å². The zero-order chi connectivity index (χ0) is 4.99. The Balaban J connectivity index is 0. The van der Waals surface area contributed by atoms with Crippen molar-refractivity contribution in [2.45, 2.75) is 6.42 Å². The van der Waals surface area contributed by atoms with Crippen LogP contribution in [0.4, 0.5) is 0 Å². The predicted octanol–water partition coefficient (Wildman–Crippen LogP) is -0.549. The fourth-order valence-corrected chi connectivity index (χ4v) is 0.0956. The Morgan fingerprint density at radius 3 is 2.00 bits per heavy atom. The van der Waals surface area contributed by atoms with Gasteiger partial charge in [0.15, 0.2) is 0 Å². The number of aliphatic hydroxyl groups excluding tert-OH is 1. The van der Waals surface area contributed by atoms with E-state index in [9.17, 15) is 4.79 Å². The van der Waals surface area contributed by atoms with Crippen LogP contribution >= 0.6 is 0 Å². The number of hydrogen-bond donors (Lipinski definition) is 2. The predicted molar refractivity (Wildman–Crippen MR) is 19.3 cm³/mol. The molecule has 0 aromatic heterocycles. The zero-order valence-corrected chi connectivity index (χ0v) is 6.89. The van der Waals surface area contributed by atoms with Gasteiger partial charge < -0.3 is 10.2 Å². The molecular formula is C3H6O3Zn. The van der Waals surface area contributed by atoms with E-state index in [1.807, 2.05) is 0 Å². The summed E-state index contributed by atoms with van der Waals surface area (Å²) >= 11 is 0. The van der Waals surface area contributed by atoms with Gasteiger partial charge in [-0.25, -0.2) is 0 Å². The minimum Gasteiger partial charge on any atom is -0.481 e. The van der Waals surface area contributed by atoms with E-state index in [4.69, 9.17) is 10.2 Å². The normalized spacial score (nSPS) is 7.00. The summed E-state index contributed by atoms with van der Waals surface area (Å²) in [5.41, 5.74) is 0. The maximum Gasteiger partial charge on any atom is 0.305 e. The fourth-order valence-electron chi connectivity index (χ4n) is 0.0956. The standard InChI is InChI=1S/C3H6O3.Zn/c4-2-1-3(5)6;/h4H,1-2H2,(H,5,6);. The maximum absolute atomic E-state index is 9.44. The summed E-state index contributed by atoms with van der Waals surface area (Å²) in [5.74, 6) is -0.961. The summed E-state index contributed by atoms with van der Waals surface area (Å²) in [5, 5.41) is 15.6. The molecule has 0 aliphatic carbocycles. The van der Waals surface area contributed by atoms with Gasteiger partial charge in [-0.3, -0.25) is 4.79 Å². The van der Waals surface area contributed by atoms with Crippen molar-refractivity contribution < 1.29 is 34.5 Å². The monoisotopic (exact) mass is 154 g/mol. The summed E-state index contributed by atoms with van der Waals surface area (Å²) in [6.45, 7) is -0.269. The summed E-state index contributed by atoms with van der Waals surface area (Å²) in [4.78, 5) is 9.44. The fraction of sp³-hybridized carbons (Fsp3) is 0.667. The quantitative estimate of drug-likeness (QED) is 0.526. The van der Waals surface area contributed by atoms with Gasteiger partial charge in [0.1, 0.15) is 0 Å². The van der Waals surface area contributed by atoms with E-state index in [0.717, 1.165) is 0 Å². The van der Waals surface area contributed by atoms with Crippen molar-refractivity contribution in [2.75, 3.05) is 6.61 Å². The van der Waals surface area contributed by atoms with Crippen molar-refractivity contribution >= 4 is 5.97 Å². The number of carboxylic acid groups (broad SMARTS) is 1. The van der Waals surface area contributed by atoms with Crippen LogP contribution < -0.4 is 0 Å². The second kappa shape index (κ2) is 6.05. The Hall–Kier alpha value is 0.0534. The smallest absolute Gasteiger partial charge is 0.305 e. The van der Waals surface area contributed by atoms with Gasteiger partial charge in [-0.1, -0.05) is 0 Å². The first-order valence-corrected chi connectivity index (χ1v) is 1.60. The molecule has 2 N–H and O–H groups in total. The summed E-state index contributed by atoms with van der Waals surface area (Å²) < 4.78 is 0. The van der Waals surface area contributed by atoms with Gasteiger partial charge in [0, 0.05) is 19.5 Å². The second-order valence-electron chi connectivity index (χ2n) is 0.867. The summed E-state index contributed by atoms with van der Waals surface area (Å²) in [6.07, 6.45) is -0.153. The van der Waals surface area contributed by atoms with Gasteiger partial charge in [0.25, 0.3) is 0 Å². The molecule has 0 rings (SSSR count). The molecule has 3 nitrogen and oxygen atoms in total. The molecule has 0 heterocycles. The van der Waals surface area contributed by atoms with E-state index in [2.05, 4.69) is 0 Å². The maximum atomic E-state index is 9.44. The minimum atomic E-state index is -0.961. The van der Waals surface area contributed by atoms with Crippen LogP contribution in [0.1, 0.15) is 6.42 Å². The van der Waals surface area contributed by atoms with E-state index >= 15 is 0 Å². The molecule has 0 atom stereocenters. The topological polar surface area (TPSA) is 57.5 Å². The SMILES string of the molecule is O=C(O)CCO.[Zn]. The Morgan fingerprint density at radius 1 is 1.57 bits per heavy atom. The average molecular weight is 155 g/mol. The molecule has 7 heavy (non-hydrogen) atoms. The van der Waals surface area contributed by atoms with Gasteiger partial charge >= 0.3 is 5.97 Å². The van der Waals surface area contributed by atoms with Crippen LogP contribution in [-0.4, -0.2) is 22.8 Å². The van der Waals surface area contributed by atoms with Crippen LogP contribution in [0.5, 0.6) is 0 Å². The molecule has 0 spiro atoms. The average Bonchev–Trinajstić information content (AvgIpc) is 1.35. The van der Waals surface area contributed by atoms with E-state index in [0.29, 0.717) is 0 Å². The van der Waals surface area contributed by atoms with E-state index in [1.165, 1.54) is 0 Å². The van der Waals surface area contributed by atoms with Crippen molar-refractivity contribution in [3.63, 3.8) is 0 Å². The van der Waals surface area contributed by atoms with Gasteiger partial charge in [0.05, 0.1) is 13.0 Å². The Morgan fingerprint density at radius 2 is 2.00 bits per heavy atom. The molecular weight excluding hydrogens is 149 g/mol. The van der Waals surface area contributed by atoms with Crippen molar-refractivity contribution in [3.05, 3.63) is 0 Å².